The lowest BCUT2D eigenvalue weighted by molar-refractivity contribution is -0.0422. The van der Waals surface area contributed by atoms with E-state index in [9.17, 15) is 4.39 Å². The van der Waals surface area contributed by atoms with Gasteiger partial charge in [0, 0.05) is 31.0 Å². The second-order valence-electron chi connectivity index (χ2n) is 6.08. The minimum atomic E-state index is -0.264. The van der Waals surface area contributed by atoms with Crippen molar-refractivity contribution >= 4 is 0 Å². The summed E-state index contributed by atoms with van der Waals surface area (Å²) < 4.78 is 26.5. The Bertz CT molecular complexity index is 801. The Labute approximate surface area is 144 Å². The first-order chi connectivity index (χ1) is 12.3. The minimum Gasteiger partial charge on any atom is -0.439 e. The standard InChI is InChI=1S/C18H19FN4O2/c19-15-4-2-14(3-5-15)17-10-20-18(25-17)13-22-8-9-24-16(11-22)12-23-7-1-6-21-23/h1-7,10,16H,8-9,11-13H2/t16-/m0/s1. The highest BCUT2D eigenvalue weighted by atomic mass is 19.1. The molecule has 0 radical (unpaired) electrons. The van der Waals surface area contributed by atoms with Gasteiger partial charge in [0.2, 0.25) is 5.89 Å². The lowest BCUT2D eigenvalue weighted by Gasteiger charge is -2.31. The van der Waals surface area contributed by atoms with E-state index in [1.165, 1.54) is 12.1 Å². The zero-order valence-electron chi connectivity index (χ0n) is 13.7. The average Bonchev–Trinajstić information content (AvgIpc) is 3.28. The maximum atomic E-state index is 13.0. The Balaban J connectivity index is 1.37. The van der Waals surface area contributed by atoms with Crippen LogP contribution in [0.5, 0.6) is 0 Å². The van der Waals surface area contributed by atoms with E-state index >= 15 is 0 Å². The summed E-state index contributed by atoms with van der Waals surface area (Å²) in [6.07, 6.45) is 5.49. The number of benzene rings is 1. The lowest BCUT2D eigenvalue weighted by Crippen LogP contribution is -2.43. The van der Waals surface area contributed by atoms with Crippen LogP contribution in [0.3, 0.4) is 0 Å². The van der Waals surface area contributed by atoms with Crippen molar-refractivity contribution < 1.29 is 13.5 Å². The van der Waals surface area contributed by atoms with E-state index in [-0.39, 0.29) is 11.9 Å². The molecule has 1 saturated heterocycles. The molecule has 4 rings (SSSR count). The number of aromatic nitrogens is 3. The summed E-state index contributed by atoms with van der Waals surface area (Å²) in [7, 11) is 0. The molecule has 0 spiro atoms. The van der Waals surface area contributed by atoms with E-state index in [0.29, 0.717) is 24.8 Å². The van der Waals surface area contributed by atoms with Crippen molar-refractivity contribution in [3.63, 3.8) is 0 Å². The number of halogens is 1. The van der Waals surface area contributed by atoms with E-state index in [0.717, 1.165) is 25.2 Å². The summed E-state index contributed by atoms with van der Waals surface area (Å²) in [5.41, 5.74) is 0.818. The molecule has 7 heteroatoms. The number of ether oxygens (including phenoxy) is 1. The molecule has 1 aliphatic rings. The molecule has 0 unspecified atom stereocenters. The fourth-order valence-corrected chi connectivity index (χ4v) is 2.97. The topological polar surface area (TPSA) is 56.3 Å². The van der Waals surface area contributed by atoms with Crippen LogP contribution in [0.4, 0.5) is 4.39 Å². The molecule has 6 nitrogen and oxygen atoms in total. The van der Waals surface area contributed by atoms with Gasteiger partial charge < -0.3 is 9.15 Å². The molecule has 1 atom stereocenters. The molecule has 1 aliphatic heterocycles. The average molecular weight is 342 g/mol. The predicted octanol–water partition coefficient (Wildman–Crippen LogP) is 2.58. The number of nitrogens with zero attached hydrogens (tertiary/aromatic N) is 4. The second-order valence-corrected chi connectivity index (χ2v) is 6.08. The molecule has 0 bridgehead atoms. The summed E-state index contributed by atoms with van der Waals surface area (Å²) >= 11 is 0. The summed E-state index contributed by atoms with van der Waals surface area (Å²) in [5.74, 6) is 1.04. The Hall–Kier alpha value is -2.51. The van der Waals surface area contributed by atoms with E-state index in [1.54, 1.807) is 24.5 Å². The zero-order valence-corrected chi connectivity index (χ0v) is 13.7. The molecule has 0 saturated carbocycles. The highest BCUT2D eigenvalue weighted by Gasteiger charge is 2.22. The van der Waals surface area contributed by atoms with E-state index in [1.807, 2.05) is 16.9 Å². The number of rotatable bonds is 5. The van der Waals surface area contributed by atoms with Crippen LogP contribution < -0.4 is 0 Å². The van der Waals surface area contributed by atoms with Gasteiger partial charge >= 0.3 is 0 Å². The van der Waals surface area contributed by atoms with Gasteiger partial charge in [0.05, 0.1) is 32.0 Å². The third-order valence-electron chi connectivity index (χ3n) is 4.21. The third kappa shape index (κ3) is 3.94. The molecule has 2 aromatic heterocycles. The van der Waals surface area contributed by atoms with Crippen LogP contribution in [0.15, 0.2) is 53.3 Å². The number of hydrogen-bond acceptors (Lipinski definition) is 5. The SMILES string of the molecule is Fc1ccc(-c2cnc(CN3CCO[C@H](Cn4cccn4)C3)o2)cc1. The second kappa shape index (κ2) is 7.16. The normalized spacial score (nSPS) is 18.5. The van der Waals surface area contributed by atoms with Gasteiger partial charge in [0.1, 0.15) is 5.82 Å². The van der Waals surface area contributed by atoms with Crippen molar-refractivity contribution in [1.82, 2.24) is 19.7 Å². The first-order valence-electron chi connectivity index (χ1n) is 8.28. The third-order valence-corrected chi connectivity index (χ3v) is 4.21. The molecule has 0 amide bonds. The lowest BCUT2D eigenvalue weighted by atomic mass is 10.2. The van der Waals surface area contributed by atoms with Crippen LogP contribution in [0.1, 0.15) is 5.89 Å². The van der Waals surface area contributed by atoms with Crippen LogP contribution in [0.25, 0.3) is 11.3 Å². The molecule has 0 aliphatic carbocycles. The molecule has 1 fully saturated rings. The fourth-order valence-electron chi connectivity index (χ4n) is 2.97. The van der Waals surface area contributed by atoms with E-state index in [2.05, 4.69) is 15.0 Å². The Morgan fingerprint density at radius 3 is 2.92 bits per heavy atom. The van der Waals surface area contributed by atoms with Crippen molar-refractivity contribution in [2.45, 2.75) is 19.2 Å². The van der Waals surface area contributed by atoms with E-state index in [4.69, 9.17) is 9.15 Å². The molecule has 3 heterocycles. The zero-order chi connectivity index (χ0) is 17.1. The van der Waals surface area contributed by atoms with Gasteiger partial charge in [-0.3, -0.25) is 9.58 Å². The molecule has 3 aromatic rings. The Morgan fingerprint density at radius 1 is 1.24 bits per heavy atom. The number of oxazole rings is 1. The van der Waals surface area contributed by atoms with Gasteiger partial charge in [-0.25, -0.2) is 9.37 Å². The van der Waals surface area contributed by atoms with E-state index < -0.39 is 0 Å². The summed E-state index contributed by atoms with van der Waals surface area (Å²) in [5, 5.41) is 4.22. The van der Waals surface area contributed by atoms with Gasteiger partial charge in [-0.1, -0.05) is 0 Å². The quantitative estimate of drug-likeness (QED) is 0.713. The maximum Gasteiger partial charge on any atom is 0.209 e. The molecule has 25 heavy (non-hydrogen) atoms. The van der Waals surface area contributed by atoms with Crippen LogP contribution in [0.2, 0.25) is 0 Å². The molecular weight excluding hydrogens is 323 g/mol. The predicted molar refractivity (Wildman–Crippen MR) is 89.1 cm³/mol. The number of morpholine rings is 1. The smallest absolute Gasteiger partial charge is 0.209 e. The van der Waals surface area contributed by atoms with Crippen LogP contribution in [0, 0.1) is 5.82 Å². The number of hydrogen-bond donors (Lipinski definition) is 0. The van der Waals surface area contributed by atoms with Gasteiger partial charge in [-0.15, -0.1) is 0 Å². The summed E-state index contributed by atoms with van der Waals surface area (Å²) in [6, 6.07) is 8.12. The van der Waals surface area contributed by atoms with Crippen molar-refractivity contribution in [2.24, 2.45) is 0 Å². The molecular formula is C18H19FN4O2. The van der Waals surface area contributed by atoms with Gasteiger partial charge in [-0.2, -0.15) is 5.10 Å². The van der Waals surface area contributed by atoms with Crippen LogP contribution in [-0.4, -0.2) is 45.5 Å². The van der Waals surface area contributed by atoms with Crippen molar-refractivity contribution in [2.75, 3.05) is 19.7 Å². The Kier molecular flexibility index (Phi) is 4.58. The summed E-state index contributed by atoms with van der Waals surface area (Å²) in [6.45, 7) is 3.67. The fraction of sp³-hybridized carbons (Fsp3) is 0.333. The maximum absolute atomic E-state index is 13.0. The largest absolute Gasteiger partial charge is 0.439 e. The summed E-state index contributed by atoms with van der Waals surface area (Å²) in [4.78, 5) is 6.61. The monoisotopic (exact) mass is 342 g/mol. The first-order valence-corrected chi connectivity index (χ1v) is 8.28. The molecule has 0 N–H and O–H groups in total. The Morgan fingerprint density at radius 2 is 2.12 bits per heavy atom. The van der Waals surface area contributed by atoms with Gasteiger partial charge in [-0.05, 0) is 30.3 Å². The van der Waals surface area contributed by atoms with Gasteiger partial charge in [0.25, 0.3) is 0 Å². The van der Waals surface area contributed by atoms with Crippen LogP contribution in [-0.2, 0) is 17.8 Å². The molecule has 1 aromatic carbocycles. The highest BCUT2D eigenvalue weighted by Crippen LogP contribution is 2.21. The van der Waals surface area contributed by atoms with Crippen molar-refractivity contribution in [3.05, 3.63) is 60.6 Å². The first kappa shape index (κ1) is 16.0. The van der Waals surface area contributed by atoms with Crippen molar-refractivity contribution in [3.8, 4) is 11.3 Å². The minimum absolute atomic E-state index is 0.0974. The molecule has 130 valence electrons. The highest BCUT2D eigenvalue weighted by molar-refractivity contribution is 5.55. The van der Waals surface area contributed by atoms with Crippen LogP contribution >= 0.6 is 0 Å². The van der Waals surface area contributed by atoms with Crippen molar-refractivity contribution in [1.29, 1.82) is 0 Å². The van der Waals surface area contributed by atoms with Gasteiger partial charge in [0.15, 0.2) is 5.76 Å².